The van der Waals surface area contributed by atoms with Gasteiger partial charge in [0.2, 0.25) is 11.8 Å². The third-order valence-corrected chi connectivity index (χ3v) is 3.79. The van der Waals surface area contributed by atoms with E-state index in [2.05, 4.69) is 0 Å². The SMILES string of the molecule is NC(=O)CC1CCCCN1C(=O)C/C=C/c1ccccc1. The molecule has 0 saturated carbocycles. The Morgan fingerprint density at radius 3 is 2.71 bits per heavy atom. The summed E-state index contributed by atoms with van der Waals surface area (Å²) in [4.78, 5) is 25.2. The van der Waals surface area contributed by atoms with Crippen LogP contribution in [0.1, 0.15) is 37.7 Å². The highest BCUT2D eigenvalue weighted by Crippen LogP contribution is 2.20. The van der Waals surface area contributed by atoms with E-state index < -0.39 is 0 Å². The zero-order chi connectivity index (χ0) is 15.1. The van der Waals surface area contributed by atoms with Crippen molar-refractivity contribution in [2.24, 2.45) is 5.73 Å². The van der Waals surface area contributed by atoms with E-state index in [-0.39, 0.29) is 24.3 Å². The van der Waals surface area contributed by atoms with E-state index in [0.29, 0.717) is 6.42 Å². The van der Waals surface area contributed by atoms with Gasteiger partial charge in [0.1, 0.15) is 0 Å². The monoisotopic (exact) mass is 286 g/mol. The minimum Gasteiger partial charge on any atom is -0.370 e. The number of nitrogens with zero attached hydrogens (tertiary/aromatic N) is 1. The van der Waals surface area contributed by atoms with Gasteiger partial charge in [-0.25, -0.2) is 0 Å². The quantitative estimate of drug-likeness (QED) is 0.903. The number of carbonyl (C=O) groups excluding carboxylic acids is 2. The number of hydrogen-bond acceptors (Lipinski definition) is 2. The molecule has 1 heterocycles. The maximum atomic E-state index is 12.3. The molecule has 1 atom stereocenters. The Bertz CT molecular complexity index is 511. The molecule has 1 unspecified atom stereocenters. The van der Waals surface area contributed by atoms with Crippen LogP contribution < -0.4 is 5.73 Å². The third kappa shape index (κ3) is 4.74. The van der Waals surface area contributed by atoms with Gasteiger partial charge in [0, 0.05) is 25.4 Å². The first-order valence-corrected chi connectivity index (χ1v) is 7.46. The molecule has 1 aliphatic heterocycles. The molecular formula is C17H22N2O2. The van der Waals surface area contributed by atoms with Gasteiger partial charge in [-0.1, -0.05) is 42.5 Å². The molecule has 0 aliphatic carbocycles. The predicted octanol–water partition coefficient (Wildman–Crippen LogP) is 2.35. The van der Waals surface area contributed by atoms with Crippen LogP contribution in [0.2, 0.25) is 0 Å². The summed E-state index contributed by atoms with van der Waals surface area (Å²) >= 11 is 0. The minimum atomic E-state index is -0.334. The van der Waals surface area contributed by atoms with Gasteiger partial charge in [-0.15, -0.1) is 0 Å². The lowest BCUT2D eigenvalue weighted by atomic mass is 9.98. The number of amides is 2. The lowest BCUT2D eigenvalue weighted by Gasteiger charge is -2.35. The molecular weight excluding hydrogens is 264 g/mol. The number of benzene rings is 1. The molecule has 0 aromatic heterocycles. The Labute approximate surface area is 125 Å². The van der Waals surface area contributed by atoms with Gasteiger partial charge in [-0.05, 0) is 24.8 Å². The highest BCUT2D eigenvalue weighted by Gasteiger charge is 2.26. The molecule has 112 valence electrons. The van der Waals surface area contributed by atoms with Crippen LogP contribution in [0.5, 0.6) is 0 Å². The molecule has 1 aliphatic rings. The van der Waals surface area contributed by atoms with Crippen molar-refractivity contribution in [2.75, 3.05) is 6.54 Å². The maximum absolute atomic E-state index is 12.3. The Morgan fingerprint density at radius 1 is 1.24 bits per heavy atom. The summed E-state index contributed by atoms with van der Waals surface area (Å²) in [6.07, 6.45) is 7.40. The first-order valence-electron chi connectivity index (χ1n) is 7.46. The predicted molar refractivity (Wildman–Crippen MR) is 83.3 cm³/mol. The van der Waals surface area contributed by atoms with Crippen molar-refractivity contribution in [3.05, 3.63) is 42.0 Å². The van der Waals surface area contributed by atoms with Gasteiger partial charge in [0.15, 0.2) is 0 Å². The third-order valence-electron chi connectivity index (χ3n) is 3.79. The van der Waals surface area contributed by atoms with Crippen LogP contribution in [0.3, 0.4) is 0 Å². The zero-order valence-electron chi connectivity index (χ0n) is 12.2. The van der Waals surface area contributed by atoms with Crippen molar-refractivity contribution in [1.29, 1.82) is 0 Å². The van der Waals surface area contributed by atoms with E-state index in [1.807, 2.05) is 47.4 Å². The normalized spacial score (nSPS) is 18.9. The first-order chi connectivity index (χ1) is 10.2. The Balaban J connectivity index is 1.91. The number of carbonyl (C=O) groups is 2. The number of rotatable bonds is 5. The van der Waals surface area contributed by atoms with E-state index in [1.165, 1.54) is 0 Å². The summed E-state index contributed by atoms with van der Waals surface area (Å²) in [5.74, 6) is -0.257. The summed E-state index contributed by atoms with van der Waals surface area (Å²) in [6, 6.07) is 9.87. The Morgan fingerprint density at radius 2 is 2.00 bits per heavy atom. The molecule has 2 amide bonds. The smallest absolute Gasteiger partial charge is 0.226 e. The van der Waals surface area contributed by atoms with E-state index >= 15 is 0 Å². The fourth-order valence-corrected chi connectivity index (χ4v) is 2.75. The molecule has 1 fully saturated rings. The van der Waals surface area contributed by atoms with Crippen molar-refractivity contribution in [2.45, 2.75) is 38.1 Å². The van der Waals surface area contributed by atoms with Crippen LogP contribution in [0.15, 0.2) is 36.4 Å². The number of primary amides is 1. The van der Waals surface area contributed by atoms with Crippen molar-refractivity contribution in [3.8, 4) is 0 Å². The summed E-state index contributed by atoms with van der Waals surface area (Å²) in [5, 5.41) is 0. The van der Waals surface area contributed by atoms with Crippen molar-refractivity contribution in [3.63, 3.8) is 0 Å². The molecule has 0 radical (unpaired) electrons. The van der Waals surface area contributed by atoms with Gasteiger partial charge in [-0.3, -0.25) is 9.59 Å². The van der Waals surface area contributed by atoms with Gasteiger partial charge in [-0.2, -0.15) is 0 Å². The second kappa shape index (κ2) is 7.62. The van der Waals surface area contributed by atoms with Gasteiger partial charge < -0.3 is 10.6 Å². The highest BCUT2D eigenvalue weighted by atomic mass is 16.2. The Hall–Kier alpha value is -2.10. The van der Waals surface area contributed by atoms with Gasteiger partial charge in [0.05, 0.1) is 0 Å². The molecule has 2 rings (SSSR count). The molecule has 2 N–H and O–H groups in total. The van der Waals surface area contributed by atoms with E-state index in [0.717, 1.165) is 31.4 Å². The summed E-state index contributed by atoms with van der Waals surface area (Å²) in [7, 11) is 0. The molecule has 21 heavy (non-hydrogen) atoms. The topological polar surface area (TPSA) is 63.4 Å². The minimum absolute atomic E-state index is 0.0196. The fraction of sp³-hybridized carbons (Fsp3) is 0.412. The summed E-state index contributed by atoms with van der Waals surface area (Å²) in [5.41, 5.74) is 6.35. The van der Waals surface area contributed by atoms with Crippen molar-refractivity contribution < 1.29 is 9.59 Å². The average molecular weight is 286 g/mol. The van der Waals surface area contributed by atoms with Crippen LogP contribution in [-0.2, 0) is 9.59 Å². The number of likely N-dealkylation sites (tertiary alicyclic amines) is 1. The van der Waals surface area contributed by atoms with Crippen LogP contribution in [0.25, 0.3) is 6.08 Å². The number of piperidine rings is 1. The number of hydrogen-bond donors (Lipinski definition) is 1. The molecule has 4 heteroatoms. The molecule has 1 saturated heterocycles. The standard InChI is InChI=1S/C17H22N2O2/c18-16(20)13-15-10-4-5-12-19(15)17(21)11-6-9-14-7-2-1-3-8-14/h1-3,6-9,15H,4-5,10-13H2,(H2,18,20)/b9-6+. The molecule has 1 aromatic carbocycles. The van der Waals surface area contributed by atoms with Crippen LogP contribution in [0.4, 0.5) is 0 Å². The lowest BCUT2D eigenvalue weighted by Crippen LogP contribution is -2.45. The maximum Gasteiger partial charge on any atom is 0.226 e. The Kier molecular flexibility index (Phi) is 5.55. The molecule has 0 spiro atoms. The summed E-state index contributed by atoms with van der Waals surface area (Å²) < 4.78 is 0. The van der Waals surface area contributed by atoms with Gasteiger partial charge in [0.25, 0.3) is 0 Å². The van der Waals surface area contributed by atoms with Crippen LogP contribution in [0, 0.1) is 0 Å². The van der Waals surface area contributed by atoms with Crippen LogP contribution in [-0.4, -0.2) is 29.3 Å². The van der Waals surface area contributed by atoms with E-state index in [1.54, 1.807) is 0 Å². The molecule has 1 aromatic rings. The summed E-state index contributed by atoms with van der Waals surface area (Å²) in [6.45, 7) is 0.732. The highest BCUT2D eigenvalue weighted by molar-refractivity contribution is 5.80. The average Bonchev–Trinajstić information content (AvgIpc) is 2.48. The molecule has 0 bridgehead atoms. The largest absolute Gasteiger partial charge is 0.370 e. The number of nitrogens with two attached hydrogens (primary N) is 1. The molecule has 4 nitrogen and oxygen atoms in total. The second-order valence-corrected chi connectivity index (χ2v) is 5.42. The lowest BCUT2D eigenvalue weighted by molar-refractivity contribution is -0.135. The fourth-order valence-electron chi connectivity index (χ4n) is 2.75. The van der Waals surface area contributed by atoms with E-state index in [4.69, 9.17) is 5.73 Å². The van der Waals surface area contributed by atoms with E-state index in [9.17, 15) is 9.59 Å². The van der Waals surface area contributed by atoms with Gasteiger partial charge >= 0.3 is 0 Å². The van der Waals surface area contributed by atoms with Crippen molar-refractivity contribution >= 4 is 17.9 Å². The zero-order valence-corrected chi connectivity index (χ0v) is 12.2. The van der Waals surface area contributed by atoms with Crippen molar-refractivity contribution in [1.82, 2.24) is 4.90 Å². The van der Waals surface area contributed by atoms with Crippen LogP contribution >= 0.6 is 0 Å². The first kappa shape index (κ1) is 15.3. The second-order valence-electron chi connectivity index (χ2n) is 5.42.